The van der Waals surface area contributed by atoms with Gasteiger partial charge in [0, 0.05) is 26.9 Å². The molecule has 2 aromatic heterocycles. The van der Waals surface area contributed by atoms with Crippen LogP contribution in [0.3, 0.4) is 0 Å². The van der Waals surface area contributed by atoms with Crippen molar-refractivity contribution in [1.82, 2.24) is 14.3 Å². The third-order valence-electron chi connectivity index (χ3n) is 3.63. The average Bonchev–Trinajstić information content (AvgIpc) is 3.15. The first-order valence-electron chi connectivity index (χ1n) is 7.53. The predicted octanol–water partition coefficient (Wildman–Crippen LogP) is 0.471. The Morgan fingerprint density at radius 2 is 2.15 bits per heavy atom. The zero-order valence-electron chi connectivity index (χ0n) is 14.1. The van der Waals surface area contributed by atoms with Gasteiger partial charge in [-0.15, -0.1) is 0 Å². The van der Waals surface area contributed by atoms with Gasteiger partial charge < -0.3 is 9.30 Å². The van der Waals surface area contributed by atoms with E-state index in [0.29, 0.717) is 22.7 Å². The van der Waals surface area contributed by atoms with Crippen LogP contribution in [0.25, 0.3) is 10.2 Å². The van der Waals surface area contributed by atoms with Gasteiger partial charge in [0.1, 0.15) is 0 Å². The number of aromatic nitrogens is 3. The van der Waals surface area contributed by atoms with Crippen molar-refractivity contribution < 1.29 is 17.9 Å². The molecular formula is C15H17N5O4S2. The molecule has 0 aliphatic heterocycles. The van der Waals surface area contributed by atoms with Crippen LogP contribution < -0.4 is 9.94 Å². The fourth-order valence-electron chi connectivity index (χ4n) is 2.39. The maximum Gasteiger partial charge on any atom is 0.300 e. The summed E-state index contributed by atoms with van der Waals surface area (Å²) in [4.78, 5) is 17.0. The number of hydrogen-bond donors (Lipinski definition) is 1. The number of carbonyl (C=O) groups excluding carboxylic acids is 1. The van der Waals surface area contributed by atoms with Crippen LogP contribution >= 0.6 is 11.3 Å². The van der Waals surface area contributed by atoms with E-state index in [1.807, 2.05) is 0 Å². The van der Waals surface area contributed by atoms with Crippen molar-refractivity contribution in [3.63, 3.8) is 0 Å². The summed E-state index contributed by atoms with van der Waals surface area (Å²) in [6.45, 7) is 0.868. The fourth-order valence-corrected chi connectivity index (χ4v) is 4.10. The number of fused-ring (bicyclic) bond motifs is 1. The molecule has 26 heavy (non-hydrogen) atoms. The number of methoxy groups -OCH3 is 1. The Kier molecular flexibility index (Phi) is 5.05. The van der Waals surface area contributed by atoms with Crippen LogP contribution in [-0.4, -0.2) is 42.4 Å². The Morgan fingerprint density at radius 1 is 1.38 bits per heavy atom. The molecule has 0 atom stereocenters. The van der Waals surface area contributed by atoms with Crippen molar-refractivity contribution in [3.05, 3.63) is 41.0 Å². The molecule has 0 spiro atoms. The van der Waals surface area contributed by atoms with E-state index in [1.54, 1.807) is 37.1 Å². The minimum absolute atomic E-state index is 0.00717. The topological polar surface area (TPSA) is 122 Å². The molecule has 11 heteroatoms. The summed E-state index contributed by atoms with van der Waals surface area (Å²) >= 11 is 1.20. The third kappa shape index (κ3) is 3.75. The van der Waals surface area contributed by atoms with Crippen LogP contribution in [0.15, 0.2) is 40.4 Å². The van der Waals surface area contributed by atoms with Crippen LogP contribution in [0, 0.1) is 0 Å². The van der Waals surface area contributed by atoms with Crippen molar-refractivity contribution in [2.75, 3.05) is 13.7 Å². The molecule has 0 fully saturated rings. The lowest BCUT2D eigenvalue weighted by molar-refractivity contribution is 0.0992. The van der Waals surface area contributed by atoms with Gasteiger partial charge in [-0.1, -0.05) is 11.3 Å². The molecule has 3 aromatic rings. The molecular weight excluding hydrogens is 378 g/mol. The number of sulfonamides is 1. The molecule has 0 bridgehead atoms. The number of hydrogen-bond acceptors (Lipinski definition) is 6. The lowest BCUT2D eigenvalue weighted by Crippen LogP contribution is -2.19. The zero-order valence-corrected chi connectivity index (χ0v) is 15.7. The van der Waals surface area contributed by atoms with E-state index in [9.17, 15) is 13.2 Å². The van der Waals surface area contributed by atoms with Gasteiger partial charge in [-0.2, -0.15) is 10.1 Å². The Bertz CT molecular complexity index is 1140. The molecule has 1 aromatic carbocycles. The molecule has 138 valence electrons. The molecule has 3 rings (SSSR count). The van der Waals surface area contributed by atoms with Gasteiger partial charge in [-0.3, -0.25) is 9.48 Å². The van der Waals surface area contributed by atoms with Gasteiger partial charge in [-0.05, 0) is 24.3 Å². The maximum absolute atomic E-state index is 12.4. The number of benzene rings is 1. The highest BCUT2D eigenvalue weighted by molar-refractivity contribution is 7.89. The highest BCUT2D eigenvalue weighted by Crippen LogP contribution is 2.21. The SMILES string of the molecule is COCCn1c(=NC(=O)c2ccn(C)n2)sc2cc(S(N)(=O)=O)ccc21. The molecule has 0 aliphatic rings. The van der Waals surface area contributed by atoms with E-state index in [-0.39, 0.29) is 10.6 Å². The zero-order chi connectivity index (χ0) is 18.9. The highest BCUT2D eigenvalue weighted by Gasteiger charge is 2.14. The lowest BCUT2D eigenvalue weighted by Gasteiger charge is -2.04. The summed E-state index contributed by atoms with van der Waals surface area (Å²) in [5, 5.41) is 9.24. The van der Waals surface area contributed by atoms with Crippen LogP contribution in [0.4, 0.5) is 0 Å². The quantitative estimate of drug-likeness (QED) is 0.673. The number of ether oxygens (including phenoxy) is 1. The normalized spacial score (nSPS) is 12.8. The van der Waals surface area contributed by atoms with Crippen LogP contribution in [0.1, 0.15) is 10.5 Å². The van der Waals surface area contributed by atoms with Crippen molar-refractivity contribution >= 4 is 37.5 Å². The summed E-state index contributed by atoms with van der Waals surface area (Å²) in [5.74, 6) is -0.477. The van der Waals surface area contributed by atoms with Crippen LogP contribution in [0.5, 0.6) is 0 Å². The highest BCUT2D eigenvalue weighted by atomic mass is 32.2. The van der Waals surface area contributed by atoms with Crippen molar-refractivity contribution in [2.24, 2.45) is 17.2 Å². The van der Waals surface area contributed by atoms with Crippen molar-refractivity contribution in [1.29, 1.82) is 0 Å². The number of nitrogens with zero attached hydrogens (tertiary/aromatic N) is 4. The number of rotatable bonds is 5. The second kappa shape index (κ2) is 7.11. The smallest absolute Gasteiger partial charge is 0.300 e. The van der Waals surface area contributed by atoms with Gasteiger partial charge in [0.05, 0.1) is 21.7 Å². The standard InChI is InChI=1S/C15H17N5O4S2/c1-19-6-5-11(18-19)14(21)17-15-20(7-8-24-2)12-4-3-10(26(16,22)23)9-13(12)25-15/h3-6,9H,7-8H2,1-2H3,(H2,16,22,23). The van der Waals surface area contributed by atoms with E-state index >= 15 is 0 Å². The first-order chi connectivity index (χ1) is 12.3. The first kappa shape index (κ1) is 18.5. The summed E-state index contributed by atoms with van der Waals surface area (Å²) in [6.07, 6.45) is 1.66. The van der Waals surface area contributed by atoms with Gasteiger partial charge in [0.2, 0.25) is 10.0 Å². The number of carbonyl (C=O) groups is 1. The van der Waals surface area contributed by atoms with Crippen molar-refractivity contribution in [3.8, 4) is 0 Å². The van der Waals surface area contributed by atoms with E-state index < -0.39 is 15.9 Å². The monoisotopic (exact) mass is 395 g/mol. The number of thiazole rings is 1. The van der Waals surface area contributed by atoms with Gasteiger partial charge >= 0.3 is 0 Å². The second-order valence-electron chi connectivity index (χ2n) is 5.50. The largest absolute Gasteiger partial charge is 0.383 e. The summed E-state index contributed by atoms with van der Waals surface area (Å²) in [5.41, 5.74) is 0.973. The molecule has 0 aliphatic carbocycles. The Labute approximate surface area is 153 Å². The fraction of sp³-hybridized carbons (Fsp3) is 0.267. The maximum atomic E-state index is 12.4. The van der Waals surface area contributed by atoms with E-state index in [2.05, 4.69) is 10.1 Å². The summed E-state index contributed by atoms with van der Waals surface area (Å²) < 4.78 is 32.2. The Balaban J connectivity index is 2.16. The van der Waals surface area contributed by atoms with Gasteiger partial charge in [0.15, 0.2) is 10.5 Å². The van der Waals surface area contributed by atoms with Crippen molar-refractivity contribution in [2.45, 2.75) is 11.4 Å². The number of primary sulfonamides is 1. The van der Waals surface area contributed by atoms with Crippen LogP contribution in [-0.2, 0) is 28.4 Å². The molecule has 0 radical (unpaired) electrons. The average molecular weight is 395 g/mol. The van der Waals surface area contributed by atoms with E-state index in [4.69, 9.17) is 9.88 Å². The first-order valence-corrected chi connectivity index (χ1v) is 9.89. The van der Waals surface area contributed by atoms with Gasteiger partial charge in [-0.25, -0.2) is 13.6 Å². The van der Waals surface area contributed by atoms with E-state index in [0.717, 1.165) is 5.52 Å². The molecule has 2 N–H and O–H groups in total. The molecule has 0 saturated heterocycles. The second-order valence-corrected chi connectivity index (χ2v) is 8.07. The lowest BCUT2D eigenvalue weighted by atomic mass is 10.3. The van der Waals surface area contributed by atoms with Crippen LogP contribution in [0.2, 0.25) is 0 Å². The number of nitrogens with two attached hydrogens (primary N) is 1. The molecule has 0 unspecified atom stereocenters. The molecule has 0 saturated carbocycles. The number of amides is 1. The van der Waals surface area contributed by atoms with E-state index in [1.165, 1.54) is 28.2 Å². The molecule has 2 heterocycles. The predicted molar refractivity (Wildman–Crippen MR) is 96.2 cm³/mol. The Morgan fingerprint density at radius 3 is 2.77 bits per heavy atom. The molecule has 1 amide bonds. The number of aryl methyl sites for hydroxylation is 1. The Hall–Kier alpha value is -2.34. The van der Waals surface area contributed by atoms with Gasteiger partial charge in [0.25, 0.3) is 5.91 Å². The minimum atomic E-state index is -3.82. The summed E-state index contributed by atoms with van der Waals surface area (Å²) in [6, 6.07) is 6.13. The summed E-state index contributed by atoms with van der Waals surface area (Å²) in [7, 11) is -0.530. The minimum Gasteiger partial charge on any atom is -0.383 e. The third-order valence-corrected chi connectivity index (χ3v) is 5.58. The molecule has 9 nitrogen and oxygen atoms in total.